The molecule has 1 amide bonds. The van der Waals surface area contributed by atoms with E-state index in [1.54, 1.807) is 0 Å². The third kappa shape index (κ3) is 5.92. The summed E-state index contributed by atoms with van der Waals surface area (Å²) in [6.45, 7) is 4.78. The summed E-state index contributed by atoms with van der Waals surface area (Å²) in [6, 6.07) is 0.315. The largest absolute Gasteiger partial charge is 0.449 e. The molecule has 2 aliphatic rings. The van der Waals surface area contributed by atoms with Crippen molar-refractivity contribution in [3.63, 3.8) is 0 Å². The summed E-state index contributed by atoms with van der Waals surface area (Å²) in [7, 11) is 0. The number of alkyl carbamates (subject to hydrolysis) is 1. The van der Waals surface area contributed by atoms with Gasteiger partial charge in [0, 0.05) is 17.7 Å². The van der Waals surface area contributed by atoms with Gasteiger partial charge < -0.3 is 15.4 Å². The minimum absolute atomic E-state index is 0.240. The van der Waals surface area contributed by atoms with Gasteiger partial charge in [0.1, 0.15) is 0 Å². The van der Waals surface area contributed by atoms with Crippen molar-refractivity contribution in [1.82, 2.24) is 10.6 Å². The molecule has 4 nitrogen and oxygen atoms in total. The molecule has 0 radical (unpaired) electrons. The van der Waals surface area contributed by atoms with Crippen LogP contribution in [0.3, 0.4) is 0 Å². The molecular formula is C19H32N2O2. The van der Waals surface area contributed by atoms with Crippen molar-refractivity contribution >= 4 is 6.09 Å². The fraction of sp³-hybridized carbons (Fsp3) is 0.737. The predicted octanol–water partition coefficient (Wildman–Crippen LogP) is 4.63. The molecule has 1 fully saturated rings. The van der Waals surface area contributed by atoms with Crippen LogP contribution in [0.1, 0.15) is 71.6 Å². The lowest BCUT2D eigenvalue weighted by Gasteiger charge is -2.27. The number of carbonyl (C=O) groups excluding carboxylic acids is 1. The molecule has 0 aromatic rings. The number of ether oxygens (including phenoxy) is 1. The predicted molar refractivity (Wildman–Crippen MR) is 94.0 cm³/mol. The number of nitrogens with one attached hydrogen (secondary N) is 2. The Morgan fingerprint density at radius 3 is 2.74 bits per heavy atom. The molecule has 0 bridgehead atoms. The highest BCUT2D eigenvalue weighted by atomic mass is 16.5. The topological polar surface area (TPSA) is 50.4 Å². The number of hydrogen-bond donors (Lipinski definition) is 2. The molecule has 130 valence electrons. The number of amides is 1. The van der Waals surface area contributed by atoms with Gasteiger partial charge in [-0.3, -0.25) is 0 Å². The highest BCUT2D eigenvalue weighted by Gasteiger charge is 2.22. The quantitative estimate of drug-likeness (QED) is 0.750. The monoisotopic (exact) mass is 320 g/mol. The lowest BCUT2D eigenvalue weighted by molar-refractivity contribution is 0.123. The zero-order valence-corrected chi connectivity index (χ0v) is 14.7. The summed E-state index contributed by atoms with van der Waals surface area (Å²) in [4.78, 5) is 12.0. The summed E-state index contributed by atoms with van der Waals surface area (Å²) in [5.74, 6) is 0.346. The molecule has 23 heavy (non-hydrogen) atoms. The molecule has 2 N–H and O–H groups in total. The van der Waals surface area contributed by atoms with Crippen LogP contribution in [-0.2, 0) is 4.74 Å². The SMILES string of the molecule is CC/C=C/NC1=C(C)C(COC(=O)NC2CCCCC2)CCC1. The van der Waals surface area contributed by atoms with Gasteiger partial charge in [-0.1, -0.05) is 32.3 Å². The van der Waals surface area contributed by atoms with E-state index in [4.69, 9.17) is 4.74 Å². The molecule has 2 aliphatic carbocycles. The van der Waals surface area contributed by atoms with Gasteiger partial charge in [-0.2, -0.15) is 0 Å². The number of rotatable bonds is 6. The summed E-state index contributed by atoms with van der Waals surface area (Å²) in [5, 5.41) is 6.42. The molecule has 0 spiro atoms. The van der Waals surface area contributed by atoms with Crippen molar-refractivity contribution in [3.8, 4) is 0 Å². The summed E-state index contributed by atoms with van der Waals surface area (Å²) in [6.07, 6.45) is 14.2. The maximum Gasteiger partial charge on any atom is 0.407 e. The Morgan fingerprint density at radius 2 is 2.00 bits per heavy atom. The van der Waals surface area contributed by atoms with E-state index in [2.05, 4.69) is 30.6 Å². The van der Waals surface area contributed by atoms with E-state index in [0.29, 0.717) is 18.6 Å². The number of hydrogen-bond acceptors (Lipinski definition) is 3. The Morgan fingerprint density at radius 1 is 1.22 bits per heavy atom. The van der Waals surface area contributed by atoms with Gasteiger partial charge in [-0.15, -0.1) is 0 Å². The zero-order valence-electron chi connectivity index (χ0n) is 14.7. The van der Waals surface area contributed by atoms with Crippen LogP contribution in [0.15, 0.2) is 23.5 Å². The Balaban J connectivity index is 1.78. The molecule has 2 rings (SSSR count). The first-order valence-corrected chi connectivity index (χ1v) is 9.25. The van der Waals surface area contributed by atoms with Gasteiger partial charge in [0.2, 0.25) is 0 Å². The van der Waals surface area contributed by atoms with Crippen molar-refractivity contribution in [3.05, 3.63) is 23.5 Å². The molecule has 1 unspecified atom stereocenters. The molecule has 0 aliphatic heterocycles. The van der Waals surface area contributed by atoms with E-state index in [9.17, 15) is 4.79 Å². The number of allylic oxidation sites excluding steroid dienone is 2. The Labute approximate surface area is 140 Å². The van der Waals surface area contributed by atoms with E-state index >= 15 is 0 Å². The average Bonchev–Trinajstić information content (AvgIpc) is 2.56. The summed E-state index contributed by atoms with van der Waals surface area (Å²) >= 11 is 0. The normalized spacial score (nSPS) is 23.1. The lowest BCUT2D eigenvalue weighted by atomic mass is 9.87. The minimum Gasteiger partial charge on any atom is -0.449 e. The van der Waals surface area contributed by atoms with E-state index in [0.717, 1.165) is 38.5 Å². The van der Waals surface area contributed by atoms with Crippen molar-refractivity contribution in [2.75, 3.05) is 6.61 Å². The van der Waals surface area contributed by atoms with Crippen LogP contribution >= 0.6 is 0 Å². The highest BCUT2D eigenvalue weighted by molar-refractivity contribution is 5.67. The Kier molecular flexibility index (Phi) is 7.50. The van der Waals surface area contributed by atoms with Crippen LogP contribution < -0.4 is 10.6 Å². The van der Waals surface area contributed by atoms with Crippen molar-refractivity contribution < 1.29 is 9.53 Å². The summed E-state index contributed by atoms with van der Waals surface area (Å²) in [5.41, 5.74) is 2.63. The van der Waals surface area contributed by atoms with Gasteiger partial charge in [0.25, 0.3) is 0 Å². The third-order valence-electron chi connectivity index (χ3n) is 5.02. The van der Waals surface area contributed by atoms with Gasteiger partial charge in [0.15, 0.2) is 0 Å². The van der Waals surface area contributed by atoms with Gasteiger partial charge in [-0.05, 0) is 57.2 Å². The van der Waals surface area contributed by atoms with Crippen molar-refractivity contribution in [2.24, 2.45) is 5.92 Å². The van der Waals surface area contributed by atoms with E-state index < -0.39 is 0 Å². The summed E-state index contributed by atoms with van der Waals surface area (Å²) < 4.78 is 5.50. The molecule has 1 atom stereocenters. The van der Waals surface area contributed by atoms with Crippen LogP contribution in [0.2, 0.25) is 0 Å². The molecule has 0 heterocycles. The van der Waals surface area contributed by atoms with E-state index in [1.165, 1.54) is 30.5 Å². The molecule has 0 saturated heterocycles. The van der Waals surface area contributed by atoms with E-state index in [1.807, 2.05) is 6.20 Å². The Hall–Kier alpha value is -1.45. The highest BCUT2D eigenvalue weighted by Crippen LogP contribution is 2.29. The van der Waals surface area contributed by atoms with Crippen LogP contribution in [0.4, 0.5) is 4.79 Å². The van der Waals surface area contributed by atoms with Crippen LogP contribution in [0, 0.1) is 5.92 Å². The van der Waals surface area contributed by atoms with Crippen LogP contribution in [0.25, 0.3) is 0 Å². The molecule has 1 saturated carbocycles. The van der Waals surface area contributed by atoms with Gasteiger partial charge >= 0.3 is 6.09 Å². The average molecular weight is 320 g/mol. The number of carbonyl (C=O) groups is 1. The lowest BCUT2D eigenvalue weighted by Crippen LogP contribution is -2.37. The second-order valence-corrected chi connectivity index (χ2v) is 6.78. The Bertz CT molecular complexity index is 437. The first-order valence-electron chi connectivity index (χ1n) is 9.25. The van der Waals surface area contributed by atoms with Gasteiger partial charge in [0.05, 0.1) is 6.61 Å². The standard InChI is InChI=1S/C19H32N2O2/c1-3-4-13-20-18-12-8-9-16(15(18)2)14-23-19(22)21-17-10-6-5-7-11-17/h4,13,16-17,20H,3,5-12,14H2,1-2H3,(H,21,22)/b13-4+. The smallest absolute Gasteiger partial charge is 0.407 e. The molecular weight excluding hydrogens is 288 g/mol. The maximum atomic E-state index is 12.0. The zero-order chi connectivity index (χ0) is 16.5. The second kappa shape index (κ2) is 9.64. The first kappa shape index (κ1) is 17.9. The third-order valence-corrected chi connectivity index (χ3v) is 5.02. The molecule has 0 aromatic heterocycles. The van der Waals surface area contributed by atoms with Crippen LogP contribution in [-0.4, -0.2) is 18.7 Å². The molecule has 0 aromatic carbocycles. The van der Waals surface area contributed by atoms with Crippen molar-refractivity contribution in [1.29, 1.82) is 0 Å². The first-order chi connectivity index (χ1) is 11.2. The fourth-order valence-corrected chi connectivity index (χ4v) is 3.49. The van der Waals surface area contributed by atoms with Crippen LogP contribution in [0.5, 0.6) is 0 Å². The maximum absolute atomic E-state index is 12.0. The van der Waals surface area contributed by atoms with E-state index in [-0.39, 0.29) is 6.09 Å². The fourth-order valence-electron chi connectivity index (χ4n) is 3.49. The van der Waals surface area contributed by atoms with Crippen molar-refractivity contribution in [2.45, 2.75) is 77.7 Å². The molecule has 4 heteroatoms. The minimum atomic E-state index is -0.240. The van der Waals surface area contributed by atoms with Gasteiger partial charge in [-0.25, -0.2) is 4.79 Å². The second-order valence-electron chi connectivity index (χ2n) is 6.78.